The quantitative estimate of drug-likeness (QED) is 0.234. The molecular formula is C33H37N5O7S. The molecule has 3 fully saturated rings. The maximum atomic E-state index is 13.3. The minimum Gasteiger partial charge on any atom is -0.497 e. The van der Waals surface area contributed by atoms with Gasteiger partial charge in [0.2, 0.25) is 5.91 Å². The molecule has 12 nitrogen and oxygen atoms in total. The molecule has 0 spiro atoms. The van der Waals surface area contributed by atoms with Crippen LogP contribution in [0.15, 0.2) is 72.8 Å². The second-order valence-electron chi connectivity index (χ2n) is 12.1. The fourth-order valence-electron chi connectivity index (χ4n) is 6.40. The van der Waals surface area contributed by atoms with Crippen molar-refractivity contribution in [2.45, 2.75) is 42.9 Å². The van der Waals surface area contributed by atoms with Gasteiger partial charge in [0.15, 0.2) is 9.84 Å². The third-order valence-corrected chi connectivity index (χ3v) is 11.4. The number of anilines is 2. The first-order valence-corrected chi connectivity index (χ1v) is 17.1. The van der Waals surface area contributed by atoms with Crippen molar-refractivity contribution in [2.24, 2.45) is 0 Å². The highest BCUT2D eigenvalue weighted by Crippen LogP contribution is 2.31. The van der Waals surface area contributed by atoms with Crippen LogP contribution in [0.5, 0.6) is 5.75 Å². The van der Waals surface area contributed by atoms with Gasteiger partial charge in [0, 0.05) is 55.6 Å². The van der Waals surface area contributed by atoms with Crippen LogP contribution in [0.4, 0.5) is 21.9 Å². The molecule has 0 radical (unpaired) electrons. The number of amides is 3. The molecule has 3 saturated heterocycles. The molecule has 0 N–H and O–H groups in total. The Morgan fingerprint density at radius 2 is 1.46 bits per heavy atom. The Morgan fingerprint density at radius 3 is 2.07 bits per heavy atom. The minimum atomic E-state index is -3.36. The Hall–Kier alpha value is -4.49. The van der Waals surface area contributed by atoms with Gasteiger partial charge in [-0.3, -0.25) is 29.6 Å². The summed E-state index contributed by atoms with van der Waals surface area (Å²) in [5.41, 5.74) is 3.16. The average Bonchev–Trinajstić information content (AvgIpc) is 3.03. The molecular weight excluding hydrogens is 610 g/mol. The molecule has 3 aliphatic heterocycles. The third-order valence-electron chi connectivity index (χ3n) is 9.22. The van der Waals surface area contributed by atoms with Crippen molar-refractivity contribution >= 4 is 38.8 Å². The van der Waals surface area contributed by atoms with E-state index in [1.807, 2.05) is 48.5 Å². The van der Waals surface area contributed by atoms with E-state index in [9.17, 15) is 28.1 Å². The van der Waals surface area contributed by atoms with Crippen molar-refractivity contribution in [2.75, 3.05) is 49.6 Å². The van der Waals surface area contributed by atoms with Crippen LogP contribution >= 0.6 is 0 Å². The van der Waals surface area contributed by atoms with Crippen LogP contribution in [-0.4, -0.2) is 86.2 Å². The Labute approximate surface area is 268 Å². The molecule has 3 aliphatic rings. The zero-order valence-electron chi connectivity index (χ0n) is 25.7. The molecule has 0 aromatic heterocycles. The first-order valence-electron chi connectivity index (χ1n) is 15.4. The van der Waals surface area contributed by atoms with Crippen LogP contribution in [0.2, 0.25) is 0 Å². The number of likely N-dealkylation sites (tertiary alicyclic amines) is 1. The molecule has 3 aromatic carbocycles. The molecule has 3 aromatic rings. The number of hydrogen-bond acceptors (Lipinski definition) is 9. The highest BCUT2D eigenvalue weighted by Gasteiger charge is 2.37. The first kappa shape index (κ1) is 31.5. The van der Waals surface area contributed by atoms with E-state index in [2.05, 4.69) is 9.80 Å². The van der Waals surface area contributed by atoms with Crippen molar-refractivity contribution in [3.63, 3.8) is 0 Å². The van der Waals surface area contributed by atoms with Crippen molar-refractivity contribution < 1.29 is 27.7 Å². The summed E-state index contributed by atoms with van der Waals surface area (Å²) in [4.78, 5) is 43.9. The third kappa shape index (κ3) is 6.70. The molecule has 0 unspecified atom stereocenters. The number of piperidine rings is 1. The summed E-state index contributed by atoms with van der Waals surface area (Å²) in [6.45, 7) is 3.64. The van der Waals surface area contributed by atoms with Crippen LogP contribution in [0.1, 0.15) is 30.4 Å². The van der Waals surface area contributed by atoms with E-state index in [4.69, 9.17) is 4.74 Å². The molecule has 242 valence electrons. The van der Waals surface area contributed by atoms with Gasteiger partial charge >= 0.3 is 6.03 Å². The van der Waals surface area contributed by atoms with Gasteiger partial charge in [-0.15, -0.1) is 0 Å². The standard InChI is InChI=1S/C33H37N5O7S/c1-45-30-12-4-24(5-13-30)20-37-32(39)16-19-36(33(37)40)27-10-8-26(9-11-27)35-21-29(22-35)34-17-14-31(15-18-34)46(43,44)23-25-2-6-28(7-3-25)38(41)42/h2-13,29,31H,14-23H2,1H3. The number of nitro benzene ring substituents is 1. The molecule has 0 atom stereocenters. The second-order valence-corrected chi connectivity index (χ2v) is 14.3. The lowest BCUT2D eigenvalue weighted by Crippen LogP contribution is -2.61. The first-order chi connectivity index (χ1) is 22.1. The molecule has 6 rings (SSSR count). The maximum Gasteiger partial charge on any atom is 0.331 e. The Kier molecular flexibility index (Phi) is 8.96. The zero-order valence-corrected chi connectivity index (χ0v) is 26.5. The SMILES string of the molecule is COc1ccc(CN2C(=O)CCN(c3ccc(N4CC(N5CCC(S(=O)(=O)Cc6ccc([N+](=O)[O-])cc6)CC5)C4)cc3)C2=O)cc1. The van der Waals surface area contributed by atoms with Crippen molar-refractivity contribution in [3.05, 3.63) is 94.0 Å². The highest BCUT2D eigenvalue weighted by atomic mass is 32.2. The normalized spacial score (nSPS) is 18.5. The number of hydrogen-bond donors (Lipinski definition) is 0. The predicted molar refractivity (Wildman–Crippen MR) is 174 cm³/mol. The van der Waals surface area contributed by atoms with E-state index >= 15 is 0 Å². The van der Waals surface area contributed by atoms with Gasteiger partial charge < -0.3 is 9.64 Å². The van der Waals surface area contributed by atoms with E-state index in [1.165, 1.54) is 29.2 Å². The zero-order chi connectivity index (χ0) is 32.4. The van der Waals surface area contributed by atoms with Crippen LogP contribution in [0.25, 0.3) is 0 Å². The van der Waals surface area contributed by atoms with Crippen LogP contribution in [-0.2, 0) is 26.9 Å². The van der Waals surface area contributed by atoms with Gasteiger partial charge in [0.05, 0.1) is 29.6 Å². The maximum absolute atomic E-state index is 13.3. The molecule has 0 aliphatic carbocycles. The summed E-state index contributed by atoms with van der Waals surface area (Å²) in [7, 11) is -1.78. The number of sulfone groups is 1. The smallest absolute Gasteiger partial charge is 0.331 e. The molecule has 0 bridgehead atoms. The van der Waals surface area contributed by atoms with Crippen LogP contribution in [0.3, 0.4) is 0 Å². The Balaban J connectivity index is 0.986. The van der Waals surface area contributed by atoms with Gasteiger partial charge in [-0.25, -0.2) is 13.2 Å². The Bertz CT molecular complexity index is 1680. The summed E-state index contributed by atoms with van der Waals surface area (Å²) >= 11 is 0. The van der Waals surface area contributed by atoms with Gasteiger partial charge in [-0.1, -0.05) is 24.3 Å². The number of benzene rings is 3. The number of carbonyl (C=O) groups excluding carboxylic acids is 2. The second kappa shape index (κ2) is 13.1. The number of carbonyl (C=O) groups is 2. The number of imide groups is 1. The van der Waals surface area contributed by atoms with E-state index < -0.39 is 20.0 Å². The van der Waals surface area contributed by atoms with Crippen LogP contribution < -0.4 is 14.5 Å². The van der Waals surface area contributed by atoms with Crippen molar-refractivity contribution in [1.82, 2.24) is 9.80 Å². The summed E-state index contributed by atoms with van der Waals surface area (Å²) in [6.07, 6.45) is 1.40. The van der Waals surface area contributed by atoms with Gasteiger partial charge in [0.25, 0.3) is 5.69 Å². The number of urea groups is 1. The number of methoxy groups -OCH3 is 1. The van der Waals surface area contributed by atoms with Gasteiger partial charge in [0.1, 0.15) is 5.75 Å². The predicted octanol–water partition coefficient (Wildman–Crippen LogP) is 4.23. The van der Waals surface area contributed by atoms with Crippen molar-refractivity contribution in [1.29, 1.82) is 0 Å². The molecule has 3 heterocycles. The summed E-state index contributed by atoms with van der Waals surface area (Å²) in [5.74, 6) is 0.415. The molecule has 0 saturated carbocycles. The molecule has 3 amide bonds. The number of nitro groups is 1. The van der Waals surface area contributed by atoms with Crippen LogP contribution in [0, 0.1) is 10.1 Å². The van der Waals surface area contributed by atoms with Gasteiger partial charge in [-0.05, 0) is 73.5 Å². The lowest BCUT2D eigenvalue weighted by Gasteiger charge is -2.48. The van der Waals surface area contributed by atoms with E-state index in [0.717, 1.165) is 30.0 Å². The summed E-state index contributed by atoms with van der Waals surface area (Å²) in [6, 6.07) is 20.9. The number of rotatable bonds is 10. The highest BCUT2D eigenvalue weighted by molar-refractivity contribution is 7.91. The van der Waals surface area contributed by atoms with E-state index in [-0.39, 0.29) is 36.3 Å². The average molecular weight is 648 g/mol. The molecule has 13 heteroatoms. The number of non-ortho nitro benzene ring substituents is 1. The lowest BCUT2D eigenvalue weighted by molar-refractivity contribution is -0.384. The van der Waals surface area contributed by atoms with E-state index in [1.54, 1.807) is 12.0 Å². The lowest BCUT2D eigenvalue weighted by atomic mass is 10.0. The summed E-state index contributed by atoms with van der Waals surface area (Å²) in [5, 5.41) is 10.5. The Morgan fingerprint density at radius 1 is 0.848 bits per heavy atom. The fraction of sp³-hybridized carbons (Fsp3) is 0.394. The van der Waals surface area contributed by atoms with Crippen molar-refractivity contribution in [3.8, 4) is 5.75 Å². The largest absolute Gasteiger partial charge is 0.497 e. The number of ether oxygens (including phenoxy) is 1. The molecule has 46 heavy (non-hydrogen) atoms. The number of nitrogens with zero attached hydrogens (tertiary/aromatic N) is 5. The fourth-order valence-corrected chi connectivity index (χ4v) is 8.23. The monoisotopic (exact) mass is 647 g/mol. The van der Waals surface area contributed by atoms with Gasteiger partial charge in [-0.2, -0.15) is 0 Å². The summed E-state index contributed by atoms with van der Waals surface area (Å²) < 4.78 is 31.3. The van der Waals surface area contributed by atoms with E-state index in [0.29, 0.717) is 49.8 Å². The topological polar surface area (TPSA) is 134 Å². The minimum absolute atomic E-state index is 0.0530.